The van der Waals surface area contributed by atoms with Gasteiger partial charge in [-0.2, -0.15) is 0 Å². The lowest BCUT2D eigenvalue weighted by Gasteiger charge is -2.06. The molecule has 0 aliphatic rings. The minimum Gasteiger partial charge on any atom is -0.399 e. The third kappa shape index (κ3) is 3.26. The van der Waals surface area contributed by atoms with Crippen molar-refractivity contribution in [3.63, 3.8) is 0 Å². The number of benzene rings is 1. The molecule has 5 N–H and O–H groups in total. The van der Waals surface area contributed by atoms with Gasteiger partial charge >= 0.3 is 0 Å². The van der Waals surface area contributed by atoms with E-state index in [1.54, 1.807) is 25.3 Å². The van der Waals surface area contributed by atoms with Gasteiger partial charge in [0.1, 0.15) is 0 Å². The Morgan fingerprint density at radius 1 is 1.53 bits per heavy atom. The van der Waals surface area contributed by atoms with Crippen molar-refractivity contribution in [3.8, 4) is 0 Å². The number of nitrogens with one attached hydrogen (secondary N) is 2. The van der Waals surface area contributed by atoms with E-state index in [0.717, 1.165) is 17.3 Å². The number of aliphatic hydroxyl groups is 1. The van der Waals surface area contributed by atoms with Crippen LogP contribution in [0.4, 0.5) is 5.69 Å². The van der Waals surface area contributed by atoms with Gasteiger partial charge in [0.05, 0.1) is 11.7 Å². The minimum absolute atomic E-state index is 0.110. The molecular formula is C14H19N3O2. The van der Waals surface area contributed by atoms with E-state index in [9.17, 15) is 4.79 Å². The summed E-state index contributed by atoms with van der Waals surface area (Å²) in [7, 11) is 0. The Morgan fingerprint density at radius 2 is 2.32 bits per heavy atom. The third-order valence-corrected chi connectivity index (χ3v) is 3.03. The molecular weight excluding hydrogens is 242 g/mol. The van der Waals surface area contributed by atoms with Gasteiger partial charge in [0.15, 0.2) is 0 Å². The lowest BCUT2D eigenvalue weighted by molar-refractivity contribution is 0.0951. The van der Waals surface area contributed by atoms with Gasteiger partial charge in [-0.1, -0.05) is 0 Å². The van der Waals surface area contributed by atoms with Gasteiger partial charge in [0, 0.05) is 29.3 Å². The second-order valence-electron chi connectivity index (χ2n) is 4.75. The van der Waals surface area contributed by atoms with Crippen LogP contribution in [-0.4, -0.2) is 28.6 Å². The Balaban J connectivity index is 2.01. The Labute approximate surface area is 111 Å². The van der Waals surface area contributed by atoms with Crippen molar-refractivity contribution in [1.82, 2.24) is 10.3 Å². The average molecular weight is 261 g/mol. The Bertz CT molecular complexity index is 575. The van der Waals surface area contributed by atoms with Crippen LogP contribution < -0.4 is 11.1 Å². The van der Waals surface area contributed by atoms with Gasteiger partial charge in [-0.3, -0.25) is 4.79 Å². The number of carbonyl (C=O) groups is 1. The summed E-state index contributed by atoms with van der Waals surface area (Å²) < 4.78 is 0. The topological polar surface area (TPSA) is 91.1 Å². The van der Waals surface area contributed by atoms with Gasteiger partial charge in [0.2, 0.25) is 0 Å². The van der Waals surface area contributed by atoms with Crippen LogP contribution in [0.2, 0.25) is 0 Å². The Kier molecular flexibility index (Phi) is 4.06. The monoisotopic (exact) mass is 261 g/mol. The van der Waals surface area contributed by atoms with Gasteiger partial charge < -0.3 is 21.1 Å². The zero-order chi connectivity index (χ0) is 13.8. The number of aliphatic hydroxyl groups excluding tert-OH is 1. The fourth-order valence-electron chi connectivity index (χ4n) is 2.03. The predicted molar refractivity (Wildman–Crippen MR) is 76.0 cm³/mol. The van der Waals surface area contributed by atoms with Crippen LogP contribution in [0.15, 0.2) is 24.4 Å². The number of H-pyrrole nitrogens is 1. The van der Waals surface area contributed by atoms with E-state index in [1.807, 2.05) is 6.07 Å². The van der Waals surface area contributed by atoms with Crippen LogP contribution in [0.25, 0.3) is 10.9 Å². The van der Waals surface area contributed by atoms with Crippen LogP contribution >= 0.6 is 0 Å². The number of nitrogens with two attached hydrogens (primary N) is 1. The molecule has 1 aromatic carbocycles. The molecule has 102 valence electrons. The molecule has 0 bridgehead atoms. The summed E-state index contributed by atoms with van der Waals surface area (Å²) in [6, 6.07) is 5.42. The number of carbonyl (C=O) groups excluding carboxylic acids is 1. The second kappa shape index (κ2) is 5.75. The van der Waals surface area contributed by atoms with Crippen LogP contribution in [0, 0.1) is 0 Å². The van der Waals surface area contributed by atoms with Crippen molar-refractivity contribution < 1.29 is 9.90 Å². The molecule has 0 spiro atoms. The first-order valence-electron chi connectivity index (χ1n) is 6.41. The van der Waals surface area contributed by atoms with Crippen LogP contribution in [0.3, 0.4) is 0 Å². The lowest BCUT2D eigenvalue weighted by Crippen LogP contribution is -2.24. The number of nitrogen functional groups attached to an aromatic ring is 1. The molecule has 2 aromatic rings. The van der Waals surface area contributed by atoms with Crippen molar-refractivity contribution in [2.75, 3.05) is 12.3 Å². The highest BCUT2D eigenvalue weighted by molar-refractivity contribution is 6.07. The first kappa shape index (κ1) is 13.4. The fraction of sp³-hybridized carbons (Fsp3) is 0.357. The number of aromatic amines is 1. The highest BCUT2D eigenvalue weighted by atomic mass is 16.3. The smallest absolute Gasteiger partial charge is 0.253 e. The molecule has 19 heavy (non-hydrogen) atoms. The first-order valence-corrected chi connectivity index (χ1v) is 6.41. The molecule has 1 amide bonds. The molecule has 0 aliphatic carbocycles. The quantitative estimate of drug-likeness (QED) is 0.487. The van der Waals surface area contributed by atoms with Crippen molar-refractivity contribution in [2.24, 2.45) is 0 Å². The summed E-state index contributed by atoms with van der Waals surface area (Å²) in [6.07, 6.45) is 2.81. The molecule has 5 nitrogen and oxygen atoms in total. The molecule has 1 aromatic heterocycles. The maximum Gasteiger partial charge on any atom is 0.253 e. The molecule has 2 rings (SSSR count). The van der Waals surface area contributed by atoms with Crippen molar-refractivity contribution in [2.45, 2.75) is 25.9 Å². The largest absolute Gasteiger partial charge is 0.399 e. The highest BCUT2D eigenvalue weighted by Crippen LogP contribution is 2.20. The normalized spacial score (nSPS) is 12.5. The van der Waals surface area contributed by atoms with Crippen LogP contribution in [-0.2, 0) is 0 Å². The van der Waals surface area contributed by atoms with E-state index in [0.29, 0.717) is 24.2 Å². The van der Waals surface area contributed by atoms with E-state index >= 15 is 0 Å². The molecule has 0 saturated carbocycles. The Morgan fingerprint density at radius 3 is 3.05 bits per heavy atom. The first-order chi connectivity index (χ1) is 9.08. The number of aromatic nitrogens is 1. The molecule has 1 unspecified atom stereocenters. The van der Waals surface area contributed by atoms with Gasteiger partial charge in [-0.15, -0.1) is 0 Å². The lowest BCUT2D eigenvalue weighted by atomic mass is 10.1. The summed E-state index contributed by atoms with van der Waals surface area (Å²) in [5, 5.41) is 12.8. The van der Waals surface area contributed by atoms with Crippen molar-refractivity contribution in [3.05, 3.63) is 30.0 Å². The molecule has 1 atom stereocenters. The number of anilines is 1. The van der Waals surface area contributed by atoms with E-state index in [-0.39, 0.29) is 12.0 Å². The van der Waals surface area contributed by atoms with Crippen molar-refractivity contribution in [1.29, 1.82) is 0 Å². The zero-order valence-electron chi connectivity index (χ0n) is 10.9. The van der Waals surface area contributed by atoms with Gasteiger partial charge in [-0.25, -0.2) is 0 Å². The highest BCUT2D eigenvalue weighted by Gasteiger charge is 2.11. The number of amides is 1. The van der Waals surface area contributed by atoms with Crippen LogP contribution in [0.1, 0.15) is 30.1 Å². The maximum atomic E-state index is 12.0. The molecule has 0 saturated heterocycles. The third-order valence-electron chi connectivity index (χ3n) is 3.03. The summed E-state index contributed by atoms with van der Waals surface area (Å²) >= 11 is 0. The second-order valence-corrected chi connectivity index (χ2v) is 4.75. The number of hydrogen-bond donors (Lipinski definition) is 4. The average Bonchev–Trinajstić information content (AvgIpc) is 2.77. The SMILES string of the molecule is CC(O)CCCNC(=O)c1c[nH]c2cc(N)ccc12. The molecule has 0 radical (unpaired) electrons. The minimum atomic E-state index is -0.326. The van der Waals surface area contributed by atoms with Crippen molar-refractivity contribution >= 4 is 22.5 Å². The number of rotatable bonds is 5. The fourth-order valence-corrected chi connectivity index (χ4v) is 2.03. The molecule has 1 heterocycles. The van der Waals surface area contributed by atoms with Gasteiger partial charge in [-0.05, 0) is 38.0 Å². The summed E-state index contributed by atoms with van der Waals surface area (Å²) in [5.41, 5.74) is 7.83. The maximum absolute atomic E-state index is 12.0. The zero-order valence-corrected chi connectivity index (χ0v) is 10.9. The van der Waals surface area contributed by atoms with E-state index in [2.05, 4.69) is 10.3 Å². The number of fused-ring (bicyclic) bond motifs is 1. The summed E-state index contributed by atoms with van der Waals surface area (Å²) in [6.45, 7) is 2.30. The number of hydrogen-bond acceptors (Lipinski definition) is 3. The van der Waals surface area contributed by atoms with E-state index in [1.165, 1.54) is 0 Å². The van der Waals surface area contributed by atoms with Gasteiger partial charge in [0.25, 0.3) is 5.91 Å². The summed E-state index contributed by atoms with van der Waals surface area (Å²) in [5.74, 6) is -0.110. The van der Waals surface area contributed by atoms with E-state index in [4.69, 9.17) is 10.8 Å². The predicted octanol–water partition coefficient (Wildman–Crippen LogP) is 1.64. The molecule has 0 fully saturated rings. The Hall–Kier alpha value is -2.01. The van der Waals surface area contributed by atoms with Crippen LogP contribution in [0.5, 0.6) is 0 Å². The summed E-state index contributed by atoms with van der Waals surface area (Å²) in [4.78, 5) is 15.1. The molecule has 0 aliphatic heterocycles. The van der Waals surface area contributed by atoms with E-state index < -0.39 is 0 Å². The standard InChI is InChI=1S/C14H19N3O2/c1-9(18)3-2-6-16-14(19)12-8-17-13-7-10(15)4-5-11(12)13/h4-5,7-9,17-18H,2-3,6,15H2,1H3,(H,16,19). The molecule has 5 heteroatoms.